The number of aromatic amines is 1. The monoisotopic (exact) mass is 402 g/mol. The average Bonchev–Trinajstić information content (AvgIpc) is 3.33. The van der Waals surface area contributed by atoms with Crippen LogP contribution in [0, 0.1) is 0 Å². The van der Waals surface area contributed by atoms with E-state index >= 15 is 0 Å². The molecule has 0 radical (unpaired) electrons. The van der Waals surface area contributed by atoms with Crippen molar-refractivity contribution in [3.63, 3.8) is 0 Å². The lowest BCUT2D eigenvalue weighted by Crippen LogP contribution is -2.44. The molecule has 0 saturated carbocycles. The van der Waals surface area contributed by atoms with E-state index in [2.05, 4.69) is 38.1 Å². The fourth-order valence-electron chi connectivity index (χ4n) is 3.83. The van der Waals surface area contributed by atoms with Crippen LogP contribution in [0.15, 0.2) is 48.8 Å². The number of hydrogen-bond donors (Lipinski definition) is 1. The van der Waals surface area contributed by atoms with Gasteiger partial charge >= 0.3 is 0 Å². The number of anilines is 1. The van der Waals surface area contributed by atoms with E-state index in [4.69, 9.17) is 14.5 Å². The highest BCUT2D eigenvalue weighted by atomic mass is 16.5. The number of pyridine rings is 3. The molecule has 1 aliphatic heterocycles. The van der Waals surface area contributed by atoms with Gasteiger partial charge < -0.3 is 14.4 Å². The molecule has 5 rings (SSSR count). The molecule has 0 aliphatic carbocycles. The Balaban J connectivity index is 1.78. The lowest BCUT2D eigenvalue weighted by atomic mass is 10.0. The Bertz CT molecular complexity index is 1180. The molecule has 8 nitrogen and oxygen atoms in total. The number of hydrogen-bond acceptors (Lipinski definition) is 7. The number of aromatic nitrogens is 5. The lowest BCUT2D eigenvalue weighted by molar-refractivity contribution is 0.0986. The molecule has 0 aromatic carbocycles. The molecule has 0 spiro atoms. The summed E-state index contributed by atoms with van der Waals surface area (Å²) in [4.78, 5) is 16.6. The predicted molar refractivity (Wildman–Crippen MR) is 115 cm³/mol. The summed E-state index contributed by atoms with van der Waals surface area (Å²) in [5.74, 6) is 1.45. The highest BCUT2D eigenvalue weighted by Crippen LogP contribution is 2.35. The van der Waals surface area contributed by atoms with Crippen molar-refractivity contribution in [3.05, 3.63) is 48.8 Å². The first-order valence-corrected chi connectivity index (χ1v) is 9.90. The minimum atomic E-state index is 0.224. The van der Waals surface area contributed by atoms with E-state index in [0.29, 0.717) is 19.1 Å². The van der Waals surface area contributed by atoms with Crippen molar-refractivity contribution in [3.8, 4) is 28.5 Å². The van der Waals surface area contributed by atoms with Crippen molar-refractivity contribution < 1.29 is 9.47 Å². The van der Waals surface area contributed by atoms with Gasteiger partial charge in [0.25, 0.3) is 0 Å². The fraction of sp³-hybridized carbons (Fsp3) is 0.273. The number of morpholine rings is 1. The van der Waals surface area contributed by atoms with Crippen LogP contribution in [0.2, 0.25) is 0 Å². The second-order valence-electron chi connectivity index (χ2n) is 7.24. The number of ether oxygens (including phenoxy) is 2. The number of nitrogens with one attached hydrogen (secondary N) is 1. The molecule has 0 amide bonds. The summed E-state index contributed by atoms with van der Waals surface area (Å²) in [6.07, 6.45) is 3.51. The highest BCUT2D eigenvalue weighted by Gasteiger charge is 2.23. The van der Waals surface area contributed by atoms with Gasteiger partial charge in [-0.2, -0.15) is 5.10 Å². The van der Waals surface area contributed by atoms with Crippen molar-refractivity contribution in [1.29, 1.82) is 0 Å². The van der Waals surface area contributed by atoms with Crippen molar-refractivity contribution in [2.45, 2.75) is 13.0 Å². The van der Waals surface area contributed by atoms with E-state index in [1.807, 2.05) is 30.3 Å². The van der Waals surface area contributed by atoms with Crippen LogP contribution >= 0.6 is 0 Å². The van der Waals surface area contributed by atoms with E-state index in [9.17, 15) is 0 Å². The van der Waals surface area contributed by atoms with E-state index in [1.54, 1.807) is 19.5 Å². The van der Waals surface area contributed by atoms with Gasteiger partial charge in [-0.25, -0.2) is 9.97 Å². The van der Waals surface area contributed by atoms with Crippen molar-refractivity contribution >= 4 is 16.7 Å². The molecule has 5 heterocycles. The van der Waals surface area contributed by atoms with Crippen molar-refractivity contribution in [2.24, 2.45) is 0 Å². The molecule has 4 aromatic heterocycles. The zero-order chi connectivity index (χ0) is 20.5. The van der Waals surface area contributed by atoms with Crippen LogP contribution in [0.4, 0.5) is 5.82 Å². The lowest BCUT2D eigenvalue weighted by Gasteiger charge is -2.34. The maximum atomic E-state index is 5.62. The smallest absolute Gasteiger partial charge is 0.213 e. The van der Waals surface area contributed by atoms with Crippen LogP contribution in [0.5, 0.6) is 5.88 Å². The van der Waals surface area contributed by atoms with Gasteiger partial charge in [0, 0.05) is 36.0 Å². The number of rotatable bonds is 4. The van der Waals surface area contributed by atoms with Crippen LogP contribution in [-0.2, 0) is 4.74 Å². The Morgan fingerprint density at radius 3 is 2.90 bits per heavy atom. The van der Waals surface area contributed by atoms with E-state index < -0.39 is 0 Å². The standard InChI is InChI=1S/C22H22N6O2/c1-14-13-30-11-10-28(14)19-12-16(17-4-3-5-20(25-17)29-2)15-6-8-23-22(21(15)26-19)18-7-9-24-27-18/h3-9,12,14H,10-11,13H2,1-2H3,(H,24,27)/t14-/m1/s1. The van der Waals surface area contributed by atoms with Crippen LogP contribution in [-0.4, -0.2) is 58.1 Å². The molecule has 1 fully saturated rings. The summed E-state index contributed by atoms with van der Waals surface area (Å²) >= 11 is 0. The van der Waals surface area contributed by atoms with Crippen molar-refractivity contribution in [1.82, 2.24) is 25.1 Å². The highest BCUT2D eigenvalue weighted by molar-refractivity contribution is 6.01. The number of H-pyrrole nitrogens is 1. The van der Waals surface area contributed by atoms with Gasteiger partial charge in [-0.1, -0.05) is 6.07 Å². The van der Waals surface area contributed by atoms with Gasteiger partial charge in [0.1, 0.15) is 17.0 Å². The molecule has 1 N–H and O–H groups in total. The molecule has 152 valence electrons. The molecule has 4 aromatic rings. The molecule has 30 heavy (non-hydrogen) atoms. The first-order valence-electron chi connectivity index (χ1n) is 9.90. The van der Waals surface area contributed by atoms with E-state index in [0.717, 1.165) is 45.9 Å². The van der Waals surface area contributed by atoms with E-state index in [1.165, 1.54) is 0 Å². The second-order valence-corrected chi connectivity index (χ2v) is 7.24. The molecule has 0 bridgehead atoms. The Labute approximate surface area is 173 Å². The van der Waals surface area contributed by atoms with Gasteiger partial charge in [0.2, 0.25) is 5.88 Å². The topological polar surface area (TPSA) is 89.0 Å². The minimum absolute atomic E-state index is 0.224. The van der Waals surface area contributed by atoms with Gasteiger partial charge in [0.15, 0.2) is 0 Å². The van der Waals surface area contributed by atoms with Gasteiger partial charge in [0.05, 0.1) is 37.8 Å². The number of nitrogens with zero attached hydrogens (tertiary/aromatic N) is 5. The third-order valence-corrected chi connectivity index (χ3v) is 5.34. The average molecular weight is 402 g/mol. The molecule has 1 aliphatic rings. The molecule has 1 saturated heterocycles. The SMILES string of the molecule is COc1cccc(-c2cc(N3CCOC[C@H]3C)nc3c(-c4ccn[nH]4)nccc23)n1. The zero-order valence-electron chi connectivity index (χ0n) is 16.9. The number of fused-ring (bicyclic) bond motifs is 1. The predicted octanol–water partition coefficient (Wildman–Crippen LogP) is 3.32. The largest absolute Gasteiger partial charge is 0.481 e. The van der Waals surface area contributed by atoms with Gasteiger partial charge in [-0.15, -0.1) is 0 Å². The maximum absolute atomic E-state index is 5.62. The summed E-state index contributed by atoms with van der Waals surface area (Å²) in [5.41, 5.74) is 4.20. The second kappa shape index (κ2) is 7.72. The molecular formula is C22H22N6O2. The third-order valence-electron chi connectivity index (χ3n) is 5.34. The quantitative estimate of drug-likeness (QED) is 0.560. The number of methoxy groups -OCH3 is 1. The van der Waals surface area contributed by atoms with Crippen LogP contribution < -0.4 is 9.64 Å². The normalized spacial score (nSPS) is 16.7. The molecular weight excluding hydrogens is 380 g/mol. The van der Waals surface area contributed by atoms with Crippen molar-refractivity contribution in [2.75, 3.05) is 31.8 Å². The molecule has 0 unspecified atom stereocenters. The van der Waals surface area contributed by atoms with Crippen LogP contribution in [0.1, 0.15) is 6.92 Å². The summed E-state index contributed by atoms with van der Waals surface area (Å²) in [5, 5.41) is 8.07. The fourth-order valence-corrected chi connectivity index (χ4v) is 3.83. The summed E-state index contributed by atoms with van der Waals surface area (Å²) in [7, 11) is 1.62. The van der Waals surface area contributed by atoms with Gasteiger partial charge in [-0.05, 0) is 31.2 Å². The Morgan fingerprint density at radius 1 is 1.17 bits per heavy atom. The van der Waals surface area contributed by atoms with Gasteiger partial charge in [-0.3, -0.25) is 10.1 Å². The van der Waals surface area contributed by atoms with Crippen LogP contribution in [0.25, 0.3) is 33.5 Å². The Kier molecular flexibility index (Phi) is 4.76. The maximum Gasteiger partial charge on any atom is 0.213 e. The Morgan fingerprint density at radius 2 is 2.10 bits per heavy atom. The Hall–Kier alpha value is -3.52. The molecule has 1 atom stereocenters. The van der Waals surface area contributed by atoms with E-state index in [-0.39, 0.29) is 6.04 Å². The summed E-state index contributed by atoms with van der Waals surface area (Å²) < 4.78 is 11.0. The summed E-state index contributed by atoms with van der Waals surface area (Å²) in [6, 6.07) is 12.0. The first-order chi connectivity index (χ1) is 14.7. The third kappa shape index (κ3) is 3.25. The zero-order valence-corrected chi connectivity index (χ0v) is 16.9. The molecule has 8 heteroatoms. The minimum Gasteiger partial charge on any atom is -0.481 e. The van der Waals surface area contributed by atoms with Crippen LogP contribution in [0.3, 0.4) is 0 Å². The first kappa shape index (κ1) is 18.5. The summed E-state index contributed by atoms with van der Waals surface area (Å²) in [6.45, 7) is 4.28.